The summed E-state index contributed by atoms with van der Waals surface area (Å²) in [5.74, 6) is 4.61. The first-order chi connectivity index (χ1) is 9.70. The summed E-state index contributed by atoms with van der Waals surface area (Å²) in [4.78, 5) is 12.2. The molecule has 4 nitrogen and oxygen atoms in total. The molecule has 3 N–H and O–H groups in total. The van der Waals surface area contributed by atoms with E-state index in [4.69, 9.17) is 5.84 Å². The van der Waals surface area contributed by atoms with Gasteiger partial charge in [-0.25, -0.2) is 10.2 Å². The van der Waals surface area contributed by atoms with Crippen molar-refractivity contribution in [1.29, 1.82) is 0 Å². The SMILES string of the molecule is NNC(=O)c1sccc1Cn1ccc2c(F)cccc21. The molecule has 102 valence electrons. The molecule has 1 amide bonds. The number of nitrogens with zero attached hydrogens (tertiary/aromatic N) is 1. The summed E-state index contributed by atoms with van der Waals surface area (Å²) in [6, 6.07) is 8.58. The topological polar surface area (TPSA) is 60.0 Å². The molecule has 0 aliphatic rings. The molecule has 2 aromatic heterocycles. The third-order valence-electron chi connectivity index (χ3n) is 3.19. The van der Waals surface area contributed by atoms with Gasteiger partial charge < -0.3 is 4.57 Å². The van der Waals surface area contributed by atoms with Crippen molar-refractivity contribution in [3.63, 3.8) is 0 Å². The molecular formula is C14H12FN3OS. The van der Waals surface area contributed by atoms with Gasteiger partial charge in [0.15, 0.2) is 0 Å². The van der Waals surface area contributed by atoms with Crippen molar-refractivity contribution in [2.24, 2.45) is 5.84 Å². The number of rotatable bonds is 3. The lowest BCUT2D eigenvalue weighted by molar-refractivity contribution is 0.0957. The first-order valence-electron chi connectivity index (χ1n) is 6.01. The molecule has 0 radical (unpaired) electrons. The fourth-order valence-electron chi connectivity index (χ4n) is 2.23. The predicted octanol–water partition coefficient (Wildman–Crippen LogP) is 2.49. The second-order valence-corrected chi connectivity index (χ2v) is 5.28. The highest BCUT2D eigenvalue weighted by atomic mass is 32.1. The number of thiophene rings is 1. The molecule has 2 heterocycles. The summed E-state index contributed by atoms with van der Waals surface area (Å²) < 4.78 is 15.6. The number of halogens is 1. The third-order valence-corrected chi connectivity index (χ3v) is 4.14. The van der Waals surface area contributed by atoms with Gasteiger partial charge in [0.05, 0.1) is 10.4 Å². The molecule has 0 saturated carbocycles. The van der Waals surface area contributed by atoms with E-state index in [1.54, 1.807) is 12.1 Å². The second-order valence-electron chi connectivity index (χ2n) is 4.36. The fraction of sp³-hybridized carbons (Fsp3) is 0.0714. The fourth-order valence-corrected chi connectivity index (χ4v) is 3.05. The Balaban J connectivity index is 2.00. The van der Waals surface area contributed by atoms with Crippen molar-refractivity contribution in [2.45, 2.75) is 6.54 Å². The van der Waals surface area contributed by atoms with Gasteiger partial charge in [-0.1, -0.05) is 6.07 Å². The standard InChI is InChI=1S/C14H12FN3OS/c15-11-2-1-3-12-10(11)4-6-18(12)8-9-5-7-20-13(9)14(19)17-16/h1-7H,8,16H2,(H,17,19). The number of hydrogen-bond donors (Lipinski definition) is 2. The van der Waals surface area contributed by atoms with Gasteiger partial charge in [-0.3, -0.25) is 10.2 Å². The van der Waals surface area contributed by atoms with Gasteiger partial charge in [0, 0.05) is 18.1 Å². The van der Waals surface area contributed by atoms with Crippen LogP contribution in [0.4, 0.5) is 4.39 Å². The average molecular weight is 289 g/mol. The van der Waals surface area contributed by atoms with E-state index in [0.29, 0.717) is 16.8 Å². The second kappa shape index (κ2) is 5.07. The monoisotopic (exact) mass is 289 g/mol. The van der Waals surface area contributed by atoms with Crippen LogP contribution >= 0.6 is 11.3 Å². The lowest BCUT2D eigenvalue weighted by Gasteiger charge is -2.06. The summed E-state index contributed by atoms with van der Waals surface area (Å²) in [5, 5.41) is 2.42. The van der Waals surface area contributed by atoms with E-state index in [1.165, 1.54) is 17.4 Å². The van der Waals surface area contributed by atoms with Crippen LogP contribution in [0.1, 0.15) is 15.2 Å². The molecule has 0 atom stereocenters. The summed E-state index contributed by atoms with van der Waals surface area (Å²) in [7, 11) is 0. The number of nitrogens with two attached hydrogens (primary N) is 1. The van der Waals surface area contributed by atoms with Crippen LogP contribution in [-0.2, 0) is 6.54 Å². The Hall–Kier alpha value is -2.18. The highest BCUT2D eigenvalue weighted by Gasteiger charge is 2.13. The minimum atomic E-state index is -0.308. The Kier molecular flexibility index (Phi) is 3.25. The van der Waals surface area contributed by atoms with E-state index in [-0.39, 0.29) is 11.7 Å². The van der Waals surface area contributed by atoms with Gasteiger partial charge in [0.1, 0.15) is 5.82 Å². The minimum Gasteiger partial charge on any atom is -0.343 e. The summed E-state index contributed by atoms with van der Waals surface area (Å²) in [6.07, 6.45) is 1.82. The van der Waals surface area contributed by atoms with Crippen molar-refractivity contribution in [3.8, 4) is 0 Å². The smallest absolute Gasteiger partial charge is 0.275 e. The highest BCUT2D eigenvalue weighted by Crippen LogP contribution is 2.23. The van der Waals surface area contributed by atoms with Gasteiger partial charge in [-0.15, -0.1) is 11.3 Å². The first kappa shape index (κ1) is 12.8. The van der Waals surface area contributed by atoms with E-state index in [1.807, 2.05) is 28.3 Å². The first-order valence-corrected chi connectivity index (χ1v) is 6.89. The number of nitrogen functional groups attached to an aromatic ring is 1. The number of fused-ring (bicyclic) bond motifs is 1. The largest absolute Gasteiger partial charge is 0.343 e. The van der Waals surface area contributed by atoms with Crippen LogP contribution < -0.4 is 11.3 Å². The molecule has 0 bridgehead atoms. The number of nitrogens with one attached hydrogen (secondary N) is 1. The van der Waals surface area contributed by atoms with Crippen LogP contribution in [0.5, 0.6) is 0 Å². The van der Waals surface area contributed by atoms with E-state index < -0.39 is 0 Å². The zero-order valence-corrected chi connectivity index (χ0v) is 11.3. The number of carbonyl (C=O) groups excluding carboxylic acids is 1. The average Bonchev–Trinajstić information content (AvgIpc) is 3.07. The summed E-state index contributed by atoms with van der Waals surface area (Å²) >= 11 is 1.33. The number of benzene rings is 1. The zero-order valence-electron chi connectivity index (χ0n) is 10.5. The normalized spacial score (nSPS) is 10.9. The quantitative estimate of drug-likeness (QED) is 0.442. The molecule has 0 fully saturated rings. The minimum absolute atomic E-state index is 0.244. The van der Waals surface area contributed by atoms with Crippen LogP contribution in [-0.4, -0.2) is 10.5 Å². The van der Waals surface area contributed by atoms with E-state index in [9.17, 15) is 9.18 Å². The summed E-state index contributed by atoms with van der Waals surface area (Å²) in [6.45, 7) is 0.499. The Morgan fingerprint density at radius 3 is 3.00 bits per heavy atom. The lowest BCUT2D eigenvalue weighted by Crippen LogP contribution is -2.30. The van der Waals surface area contributed by atoms with Gasteiger partial charge in [0.25, 0.3) is 5.91 Å². The molecule has 20 heavy (non-hydrogen) atoms. The Labute approximate surface area is 118 Å². The van der Waals surface area contributed by atoms with Crippen LogP contribution in [0.3, 0.4) is 0 Å². The molecule has 6 heteroatoms. The molecule has 0 aliphatic heterocycles. The van der Waals surface area contributed by atoms with E-state index >= 15 is 0 Å². The molecule has 0 saturated heterocycles. The van der Waals surface area contributed by atoms with E-state index in [0.717, 1.165) is 11.1 Å². The molecule has 1 aromatic carbocycles. The van der Waals surface area contributed by atoms with Gasteiger partial charge in [0.2, 0.25) is 0 Å². The highest BCUT2D eigenvalue weighted by molar-refractivity contribution is 7.12. The Bertz CT molecular complexity index is 778. The number of hydrogen-bond acceptors (Lipinski definition) is 3. The maximum Gasteiger partial charge on any atom is 0.275 e. The molecule has 3 rings (SSSR count). The Morgan fingerprint density at radius 1 is 1.35 bits per heavy atom. The molecule has 0 aliphatic carbocycles. The number of aromatic nitrogens is 1. The lowest BCUT2D eigenvalue weighted by atomic mass is 10.2. The molecular weight excluding hydrogens is 277 g/mol. The molecule has 0 unspecified atom stereocenters. The van der Waals surface area contributed by atoms with Crippen molar-refractivity contribution < 1.29 is 9.18 Å². The molecule has 0 spiro atoms. The van der Waals surface area contributed by atoms with Crippen molar-refractivity contribution in [1.82, 2.24) is 9.99 Å². The van der Waals surface area contributed by atoms with Gasteiger partial charge in [-0.05, 0) is 35.2 Å². The maximum atomic E-state index is 13.6. The number of carbonyl (C=O) groups is 1. The van der Waals surface area contributed by atoms with Gasteiger partial charge >= 0.3 is 0 Å². The Morgan fingerprint density at radius 2 is 2.20 bits per heavy atom. The van der Waals surface area contributed by atoms with Crippen molar-refractivity contribution >= 4 is 28.1 Å². The maximum absolute atomic E-state index is 13.6. The zero-order chi connectivity index (χ0) is 14.1. The van der Waals surface area contributed by atoms with Crippen LogP contribution in [0.15, 0.2) is 41.9 Å². The van der Waals surface area contributed by atoms with Crippen LogP contribution in [0.25, 0.3) is 10.9 Å². The number of hydrazine groups is 1. The summed E-state index contributed by atoms with van der Waals surface area (Å²) in [5.41, 5.74) is 3.80. The van der Waals surface area contributed by atoms with E-state index in [2.05, 4.69) is 5.43 Å². The van der Waals surface area contributed by atoms with Crippen LogP contribution in [0, 0.1) is 5.82 Å². The third kappa shape index (κ3) is 2.09. The van der Waals surface area contributed by atoms with Crippen LogP contribution in [0.2, 0.25) is 0 Å². The van der Waals surface area contributed by atoms with Crippen molar-refractivity contribution in [2.75, 3.05) is 0 Å². The number of amides is 1. The predicted molar refractivity (Wildman–Crippen MR) is 77.0 cm³/mol. The van der Waals surface area contributed by atoms with Crippen molar-refractivity contribution in [3.05, 3.63) is 58.2 Å². The molecule has 3 aromatic rings. The van der Waals surface area contributed by atoms with Gasteiger partial charge in [-0.2, -0.15) is 0 Å².